The van der Waals surface area contributed by atoms with Crippen LogP contribution in [0.1, 0.15) is 18.5 Å². The predicted molar refractivity (Wildman–Crippen MR) is 81.3 cm³/mol. The molecule has 1 aromatic rings. The Morgan fingerprint density at radius 3 is 2.84 bits per heavy atom. The molecule has 1 heterocycles. The fourth-order valence-corrected chi connectivity index (χ4v) is 3.49. The topological polar surface area (TPSA) is 50.7 Å². The standard InChI is InChI=1S/C13H16N2O2S2/c1-3-17-12(16)11-10(9-7-5-4-6-8-9)14-15-13(18-2)19-11/h4-8,10-11,14H,3H2,1-2H3/t10-,11-/m0/s1. The summed E-state index contributed by atoms with van der Waals surface area (Å²) in [6.07, 6.45) is 1.94. The monoisotopic (exact) mass is 296 g/mol. The number of hydrazone groups is 1. The third kappa shape index (κ3) is 3.45. The van der Waals surface area contributed by atoms with Crippen LogP contribution in [0.25, 0.3) is 0 Å². The van der Waals surface area contributed by atoms with Gasteiger partial charge in [-0.15, -0.1) is 11.8 Å². The lowest BCUT2D eigenvalue weighted by molar-refractivity contribution is -0.143. The van der Waals surface area contributed by atoms with Crippen molar-refractivity contribution < 1.29 is 9.53 Å². The van der Waals surface area contributed by atoms with Crippen LogP contribution in [-0.4, -0.2) is 28.5 Å². The summed E-state index contributed by atoms with van der Waals surface area (Å²) in [6.45, 7) is 2.21. The van der Waals surface area contributed by atoms with E-state index in [1.807, 2.05) is 43.5 Å². The van der Waals surface area contributed by atoms with E-state index in [0.717, 1.165) is 9.94 Å². The van der Waals surface area contributed by atoms with Crippen molar-refractivity contribution in [1.82, 2.24) is 5.43 Å². The van der Waals surface area contributed by atoms with E-state index in [1.165, 1.54) is 23.5 Å². The van der Waals surface area contributed by atoms with Gasteiger partial charge in [0.15, 0.2) is 4.38 Å². The maximum Gasteiger partial charge on any atom is 0.322 e. The molecule has 0 aliphatic carbocycles. The van der Waals surface area contributed by atoms with E-state index < -0.39 is 0 Å². The van der Waals surface area contributed by atoms with Crippen LogP contribution in [0.2, 0.25) is 0 Å². The lowest BCUT2D eigenvalue weighted by Gasteiger charge is -2.29. The fraction of sp³-hybridized carbons (Fsp3) is 0.385. The molecule has 2 rings (SSSR count). The van der Waals surface area contributed by atoms with Crippen LogP contribution in [0.4, 0.5) is 0 Å². The summed E-state index contributed by atoms with van der Waals surface area (Å²) < 4.78 is 6.01. The zero-order valence-corrected chi connectivity index (χ0v) is 12.5. The molecule has 1 N–H and O–H groups in total. The highest BCUT2D eigenvalue weighted by molar-refractivity contribution is 8.39. The first-order valence-corrected chi connectivity index (χ1v) is 8.12. The molecule has 0 saturated heterocycles. The molecule has 1 aliphatic heterocycles. The Hall–Kier alpha value is -1.14. The summed E-state index contributed by atoms with van der Waals surface area (Å²) in [5, 5.41) is 3.98. The molecule has 0 amide bonds. The molecule has 0 spiro atoms. The molecule has 4 nitrogen and oxygen atoms in total. The maximum absolute atomic E-state index is 12.1. The lowest BCUT2D eigenvalue weighted by atomic mass is 10.0. The number of carbonyl (C=O) groups is 1. The average molecular weight is 296 g/mol. The Balaban J connectivity index is 2.24. The summed E-state index contributed by atoms with van der Waals surface area (Å²) in [4.78, 5) is 12.1. The summed E-state index contributed by atoms with van der Waals surface area (Å²) in [6, 6.07) is 9.69. The maximum atomic E-state index is 12.1. The van der Waals surface area contributed by atoms with Crippen molar-refractivity contribution in [1.29, 1.82) is 0 Å². The van der Waals surface area contributed by atoms with Crippen molar-refractivity contribution in [2.45, 2.75) is 18.2 Å². The molecule has 6 heteroatoms. The lowest BCUT2D eigenvalue weighted by Crippen LogP contribution is -2.38. The van der Waals surface area contributed by atoms with Crippen LogP contribution in [0.3, 0.4) is 0 Å². The van der Waals surface area contributed by atoms with Gasteiger partial charge in [0.25, 0.3) is 0 Å². The molecular weight excluding hydrogens is 280 g/mol. The van der Waals surface area contributed by atoms with Gasteiger partial charge < -0.3 is 4.74 Å². The number of esters is 1. The molecule has 0 saturated carbocycles. The quantitative estimate of drug-likeness (QED) is 0.869. The van der Waals surface area contributed by atoms with E-state index in [4.69, 9.17) is 4.74 Å². The molecule has 2 atom stereocenters. The number of rotatable bonds is 3. The number of hydrogen-bond donors (Lipinski definition) is 1. The Morgan fingerprint density at radius 1 is 1.47 bits per heavy atom. The van der Waals surface area contributed by atoms with Gasteiger partial charge in [0.2, 0.25) is 0 Å². The van der Waals surface area contributed by atoms with Crippen molar-refractivity contribution in [2.24, 2.45) is 5.10 Å². The number of benzene rings is 1. The number of carbonyl (C=O) groups excluding carboxylic acids is 1. The SMILES string of the molecule is CCOC(=O)[C@H]1SC(SC)=NN[C@H]1c1ccccc1. The van der Waals surface area contributed by atoms with Crippen molar-refractivity contribution in [3.63, 3.8) is 0 Å². The van der Waals surface area contributed by atoms with E-state index in [1.54, 1.807) is 0 Å². The van der Waals surface area contributed by atoms with Gasteiger partial charge in [-0.25, -0.2) is 0 Å². The Labute approximate surface area is 121 Å². The van der Waals surface area contributed by atoms with Crippen LogP contribution >= 0.6 is 23.5 Å². The first kappa shape index (κ1) is 14.3. The molecule has 0 aromatic heterocycles. The van der Waals surface area contributed by atoms with Gasteiger partial charge in [0.1, 0.15) is 5.25 Å². The Bertz CT molecular complexity index is 465. The second-order valence-electron chi connectivity index (χ2n) is 3.89. The second kappa shape index (κ2) is 6.86. The highest BCUT2D eigenvalue weighted by Gasteiger charge is 2.35. The van der Waals surface area contributed by atoms with Gasteiger partial charge >= 0.3 is 5.97 Å². The van der Waals surface area contributed by atoms with Gasteiger partial charge in [0, 0.05) is 0 Å². The van der Waals surface area contributed by atoms with E-state index in [2.05, 4.69) is 10.5 Å². The van der Waals surface area contributed by atoms with Gasteiger partial charge in [0.05, 0.1) is 12.6 Å². The van der Waals surface area contributed by atoms with Gasteiger partial charge in [-0.05, 0) is 18.7 Å². The fourth-order valence-electron chi connectivity index (χ4n) is 1.80. The van der Waals surface area contributed by atoms with E-state index >= 15 is 0 Å². The molecule has 102 valence electrons. The van der Waals surface area contributed by atoms with Gasteiger partial charge in [-0.2, -0.15) is 5.10 Å². The molecular formula is C13H16N2O2S2. The smallest absolute Gasteiger partial charge is 0.322 e. The average Bonchev–Trinajstić information content (AvgIpc) is 2.47. The second-order valence-corrected chi connectivity index (χ2v) is 6.07. The van der Waals surface area contributed by atoms with Gasteiger partial charge in [-0.3, -0.25) is 10.2 Å². The first-order chi connectivity index (χ1) is 9.26. The molecule has 1 aromatic carbocycles. The number of nitrogens with one attached hydrogen (secondary N) is 1. The number of hydrogen-bond acceptors (Lipinski definition) is 6. The highest BCUT2D eigenvalue weighted by atomic mass is 32.2. The minimum atomic E-state index is -0.303. The molecule has 0 bridgehead atoms. The van der Waals surface area contributed by atoms with E-state index in [9.17, 15) is 4.79 Å². The zero-order chi connectivity index (χ0) is 13.7. The summed E-state index contributed by atoms with van der Waals surface area (Å²) in [5.41, 5.74) is 4.11. The van der Waals surface area contributed by atoms with E-state index in [-0.39, 0.29) is 17.3 Å². The molecule has 0 unspecified atom stereocenters. The molecule has 0 radical (unpaired) electrons. The van der Waals surface area contributed by atoms with Crippen molar-refractivity contribution >= 4 is 33.9 Å². The molecule has 0 fully saturated rings. The zero-order valence-electron chi connectivity index (χ0n) is 10.8. The summed E-state index contributed by atoms with van der Waals surface area (Å²) >= 11 is 2.98. The Kier molecular flexibility index (Phi) is 5.15. The first-order valence-electron chi connectivity index (χ1n) is 6.01. The molecule has 1 aliphatic rings. The minimum Gasteiger partial charge on any atom is -0.465 e. The normalized spacial score (nSPS) is 22.3. The largest absolute Gasteiger partial charge is 0.465 e. The van der Waals surface area contributed by atoms with Crippen molar-refractivity contribution in [3.05, 3.63) is 35.9 Å². The predicted octanol–water partition coefficient (Wildman–Crippen LogP) is 2.63. The van der Waals surface area contributed by atoms with Crippen LogP contribution in [0.15, 0.2) is 35.4 Å². The summed E-state index contributed by atoms with van der Waals surface area (Å²) in [7, 11) is 0. The van der Waals surface area contributed by atoms with Crippen LogP contribution < -0.4 is 5.43 Å². The van der Waals surface area contributed by atoms with Crippen LogP contribution in [0, 0.1) is 0 Å². The number of nitrogens with zero attached hydrogens (tertiary/aromatic N) is 1. The Morgan fingerprint density at radius 2 is 2.21 bits per heavy atom. The van der Waals surface area contributed by atoms with Crippen molar-refractivity contribution in [2.75, 3.05) is 12.9 Å². The number of ether oxygens (including phenoxy) is 1. The highest BCUT2D eigenvalue weighted by Crippen LogP contribution is 2.34. The number of thioether (sulfide) groups is 2. The minimum absolute atomic E-state index is 0.152. The van der Waals surface area contributed by atoms with Crippen molar-refractivity contribution in [3.8, 4) is 0 Å². The summed E-state index contributed by atoms with van der Waals surface area (Å²) in [5.74, 6) is -0.199. The van der Waals surface area contributed by atoms with E-state index in [0.29, 0.717) is 6.61 Å². The van der Waals surface area contributed by atoms with Crippen LogP contribution in [0.5, 0.6) is 0 Å². The van der Waals surface area contributed by atoms with Gasteiger partial charge in [-0.1, -0.05) is 42.1 Å². The van der Waals surface area contributed by atoms with Crippen LogP contribution in [-0.2, 0) is 9.53 Å². The molecule has 19 heavy (non-hydrogen) atoms. The third-order valence-corrected chi connectivity index (χ3v) is 4.92. The third-order valence-electron chi connectivity index (χ3n) is 2.68.